The van der Waals surface area contributed by atoms with Crippen LogP contribution < -0.4 is 0 Å². The van der Waals surface area contributed by atoms with E-state index in [1.54, 1.807) is 0 Å². The third-order valence-electron chi connectivity index (χ3n) is 3.79. The zero-order valence-corrected chi connectivity index (χ0v) is 9.34. The molecule has 1 saturated carbocycles. The van der Waals surface area contributed by atoms with E-state index in [-0.39, 0.29) is 11.5 Å². The minimum atomic E-state index is -0.0380. The van der Waals surface area contributed by atoms with Gasteiger partial charge in [0.25, 0.3) is 0 Å². The maximum Gasteiger partial charge on any atom is 0.0596 e. The van der Waals surface area contributed by atoms with Crippen molar-refractivity contribution >= 4 is 0 Å². The predicted octanol–water partition coefficient (Wildman–Crippen LogP) is 3.36. The van der Waals surface area contributed by atoms with Gasteiger partial charge in [-0.05, 0) is 24.2 Å². The fourth-order valence-electron chi connectivity index (χ4n) is 2.41. The summed E-state index contributed by atoms with van der Waals surface area (Å²) < 4.78 is 0. The van der Waals surface area contributed by atoms with Crippen LogP contribution in [0.2, 0.25) is 0 Å². The lowest BCUT2D eigenvalue weighted by Gasteiger charge is -2.19. The van der Waals surface area contributed by atoms with Crippen LogP contribution in [0.5, 0.6) is 0 Å². The lowest BCUT2D eigenvalue weighted by atomic mass is 9.93. The second-order valence-corrected chi connectivity index (χ2v) is 4.83. The second-order valence-electron chi connectivity index (χ2n) is 4.83. The Balaban J connectivity index is 2.20. The van der Waals surface area contributed by atoms with E-state index < -0.39 is 0 Å². The van der Waals surface area contributed by atoms with Gasteiger partial charge in [-0.25, -0.2) is 0 Å². The first-order valence-corrected chi connectivity index (χ1v) is 5.83. The molecule has 1 aliphatic carbocycles. The highest BCUT2D eigenvalue weighted by molar-refractivity contribution is 5.02. The molecule has 1 aliphatic rings. The molecule has 78 valence electrons. The Kier molecular flexibility index (Phi) is 3.78. The van der Waals surface area contributed by atoms with Crippen LogP contribution in [0.1, 0.15) is 59.3 Å². The summed E-state index contributed by atoms with van der Waals surface area (Å²) in [5.41, 5.74) is 0.280. The summed E-state index contributed by atoms with van der Waals surface area (Å²) >= 11 is 0. The Morgan fingerprint density at radius 2 is 2.08 bits per heavy atom. The molecule has 0 aromatic rings. The molecule has 0 heterocycles. The summed E-state index contributed by atoms with van der Waals surface area (Å²) in [6.45, 7) is 6.69. The van der Waals surface area contributed by atoms with Gasteiger partial charge >= 0.3 is 0 Å². The SMILES string of the molecule is CCCCCC(O)C1(C)CC1CC. The van der Waals surface area contributed by atoms with Crippen molar-refractivity contribution in [2.45, 2.75) is 65.4 Å². The van der Waals surface area contributed by atoms with Crippen LogP contribution in [-0.4, -0.2) is 11.2 Å². The highest BCUT2D eigenvalue weighted by Gasteiger charge is 2.52. The number of hydrogen-bond acceptors (Lipinski definition) is 1. The molecule has 1 heteroatoms. The van der Waals surface area contributed by atoms with Crippen LogP contribution in [0, 0.1) is 11.3 Å². The molecule has 0 aromatic heterocycles. The number of aliphatic hydroxyl groups excluding tert-OH is 1. The van der Waals surface area contributed by atoms with E-state index in [0.29, 0.717) is 0 Å². The smallest absolute Gasteiger partial charge is 0.0596 e. The molecule has 0 radical (unpaired) electrons. The first kappa shape index (κ1) is 11.0. The monoisotopic (exact) mass is 184 g/mol. The van der Waals surface area contributed by atoms with E-state index in [2.05, 4.69) is 20.8 Å². The van der Waals surface area contributed by atoms with Crippen molar-refractivity contribution in [3.05, 3.63) is 0 Å². The highest BCUT2D eigenvalue weighted by Crippen LogP contribution is 2.57. The fourth-order valence-corrected chi connectivity index (χ4v) is 2.41. The molecule has 3 atom stereocenters. The summed E-state index contributed by atoms with van der Waals surface area (Å²) in [4.78, 5) is 0. The summed E-state index contributed by atoms with van der Waals surface area (Å²) in [5, 5.41) is 9.98. The topological polar surface area (TPSA) is 20.2 Å². The Morgan fingerprint density at radius 1 is 1.38 bits per heavy atom. The van der Waals surface area contributed by atoms with Crippen molar-refractivity contribution in [1.82, 2.24) is 0 Å². The Morgan fingerprint density at radius 3 is 2.54 bits per heavy atom. The molecule has 0 saturated heterocycles. The van der Waals surface area contributed by atoms with Gasteiger partial charge in [0.2, 0.25) is 0 Å². The first-order chi connectivity index (χ1) is 6.15. The van der Waals surface area contributed by atoms with Crippen molar-refractivity contribution in [2.24, 2.45) is 11.3 Å². The molecule has 1 nitrogen and oxygen atoms in total. The number of hydrogen-bond donors (Lipinski definition) is 1. The van der Waals surface area contributed by atoms with Gasteiger partial charge in [-0.3, -0.25) is 0 Å². The lowest BCUT2D eigenvalue weighted by molar-refractivity contribution is 0.0817. The second kappa shape index (κ2) is 4.45. The van der Waals surface area contributed by atoms with Crippen LogP contribution in [-0.2, 0) is 0 Å². The van der Waals surface area contributed by atoms with Crippen LogP contribution in [0.3, 0.4) is 0 Å². The molecule has 0 amide bonds. The Bertz CT molecular complexity index is 155. The van der Waals surface area contributed by atoms with Gasteiger partial charge in [0.15, 0.2) is 0 Å². The number of aliphatic hydroxyl groups is 1. The molecule has 0 spiro atoms. The maximum atomic E-state index is 9.98. The Hall–Kier alpha value is -0.0400. The summed E-state index contributed by atoms with van der Waals surface area (Å²) in [6.07, 6.45) is 7.18. The van der Waals surface area contributed by atoms with Crippen molar-refractivity contribution in [3.8, 4) is 0 Å². The summed E-state index contributed by atoms with van der Waals surface area (Å²) in [7, 11) is 0. The van der Waals surface area contributed by atoms with Crippen LogP contribution >= 0.6 is 0 Å². The van der Waals surface area contributed by atoms with Gasteiger partial charge < -0.3 is 5.11 Å². The zero-order chi connectivity index (χ0) is 9.90. The highest BCUT2D eigenvalue weighted by atomic mass is 16.3. The molecular weight excluding hydrogens is 160 g/mol. The molecule has 0 bridgehead atoms. The molecule has 1 rings (SSSR count). The number of unbranched alkanes of at least 4 members (excludes halogenated alkanes) is 2. The van der Waals surface area contributed by atoms with E-state index in [9.17, 15) is 5.11 Å². The van der Waals surface area contributed by atoms with Crippen molar-refractivity contribution in [3.63, 3.8) is 0 Å². The van der Waals surface area contributed by atoms with Crippen molar-refractivity contribution < 1.29 is 5.11 Å². The van der Waals surface area contributed by atoms with Crippen LogP contribution in [0.25, 0.3) is 0 Å². The molecule has 0 aliphatic heterocycles. The maximum absolute atomic E-state index is 9.98. The first-order valence-electron chi connectivity index (χ1n) is 5.83. The van der Waals surface area contributed by atoms with Crippen LogP contribution in [0.15, 0.2) is 0 Å². The average molecular weight is 184 g/mol. The van der Waals surface area contributed by atoms with Gasteiger partial charge in [0, 0.05) is 0 Å². The predicted molar refractivity (Wildman–Crippen MR) is 56.7 cm³/mol. The lowest BCUT2D eigenvalue weighted by Crippen LogP contribution is -2.20. The molecule has 1 N–H and O–H groups in total. The Labute approximate surface area is 82.5 Å². The minimum Gasteiger partial charge on any atom is -0.393 e. The van der Waals surface area contributed by atoms with Gasteiger partial charge in [-0.1, -0.05) is 46.5 Å². The zero-order valence-electron chi connectivity index (χ0n) is 9.34. The van der Waals surface area contributed by atoms with E-state index in [4.69, 9.17) is 0 Å². The van der Waals surface area contributed by atoms with Crippen LogP contribution in [0.4, 0.5) is 0 Å². The van der Waals surface area contributed by atoms with Crippen molar-refractivity contribution in [2.75, 3.05) is 0 Å². The largest absolute Gasteiger partial charge is 0.393 e. The quantitative estimate of drug-likeness (QED) is 0.627. The average Bonchev–Trinajstić information content (AvgIpc) is 2.79. The van der Waals surface area contributed by atoms with Gasteiger partial charge in [0.1, 0.15) is 0 Å². The van der Waals surface area contributed by atoms with Gasteiger partial charge in [-0.15, -0.1) is 0 Å². The molecule has 13 heavy (non-hydrogen) atoms. The van der Waals surface area contributed by atoms with E-state index >= 15 is 0 Å². The summed E-state index contributed by atoms with van der Waals surface area (Å²) in [5.74, 6) is 0.795. The van der Waals surface area contributed by atoms with E-state index in [0.717, 1.165) is 12.3 Å². The molecule has 1 fully saturated rings. The molecular formula is C12H24O. The molecule has 3 unspecified atom stereocenters. The van der Waals surface area contributed by atoms with E-state index in [1.165, 1.54) is 32.1 Å². The van der Waals surface area contributed by atoms with Crippen molar-refractivity contribution in [1.29, 1.82) is 0 Å². The summed E-state index contributed by atoms with van der Waals surface area (Å²) in [6, 6.07) is 0. The van der Waals surface area contributed by atoms with E-state index in [1.807, 2.05) is 0 Å². The standard InChI is InChI=1S/C12H24O/c1-4-6-7-8-11(13)12(3)9-10(12)5-2/h10-11,13H,4-9H2,1-3H3. The minimum absolute atomic E-state index is 0.0380. The fraction of sp³-hybridized carbons (Fsp3) is 1.00. The van der Waals surface area contributed by atoms with Gasteiger partial charge in [0.05, 0.1) is 6.10 Å². The number of rotatable bonds is 6. The third-order valence-corrected chi connectivity index (χ3v) is 3.79. The van der Waals surface area contributed by atoms with Gasteiger partial charge in [-0.2, -0.15) is 0 Å². The normalized spacial score (nSPS) is 34.6. The third kappa shape index (κ3) is 2.46. The molecule has 0 aromatic carbocycles.